The summed E-state index contributed by atoms with van der Waals surface area (Å²) in [5.41, 5.74) is 0. The van der Waals surface area contributed by atoms with Gasteiger partial charge in [0, 0.05) is 31.2 Å². The minimum atomic E-state index is 0.731. The summed E-state index contributed by atoms with van der Waals surface area (Å²) < 4.78 is 0. The number of rotatable bonds is 6. The summed E-state index contributed by atoms with van der Waals surface area (Å²) in [6, 6.07) is 2.24. The Balaban J connectivity index is 1.97. The van der Waals surface area contributed by atoms with Gasteiger partial charge in [0.25, 0.3) is 0 Å². The van der Waals surface area contributed by atoms with Crippen LogP contribution in [0.3, 0.4) is 0 Å². The fourth-order valence-corrected chi connectivity index (χ4v) is 3.64. The molecule has 1 aliphatic carbocycles. The van der Waals surface area contributed by atoms with E-state index in [4.69, 9.17) is 0 Å². The van der Waals surface area contributed by atoms with Crippen LogP contribution in [0.25, 0.3) is 0 Å². The first-order valence-corrected chi connectivity index (χ1v) is 8.52. The summed E-state index contributed by atoms with van der Waals surface area (Å²) in [7, 11) is 0. The van der Waals surface area contributed by atoms with Crippen LogP contribution < -0.4 is 5.32 Å². The van der Waals surface area contributed by atoms with Gasteiger partial charge in [0.1, 0.15) is 0 Å². The minimum absolute atomic E-state index is 0.731. The van der Waals surface area contributed by atoms with Gasteiger partial charge in [-0.25, -0.2) is 0 Å². The van der Waals surface area contributed by atoms with Crippen LogP contribution in [0.15, 0.2) is 0 Å². The summed E-state index contributed by atoms with van der Waals surface area (Å²) in [6.45, 7) is 14.4. The monoisotopic (exact) mass is 266 g/mol. The van der Waals surface area contributed by atoms with E-state index in [-0.39, 0.29) is 0 Å². The van der Waals surface area contributed by atoms with Crippen molar-refractivity contribution >= 4 is 0 Å². The number of hydrogen-bond acceptors (Lipinski definition) is 2. The molecule has 0 spiro atoms. The summed E-state index contributed by atoms with van der Waals surface area (Å²) in [5, 5.41) is 3.82. The predicted molar refractivity (Wildman–Crippen MR) is 83.4 cm³/mol. The van der Waals surface area contributed by atoms with Gasteiger partial charge in [-0.1, -0.05) is 34.1 Å². The van der Waals surface area contributed by atoms with E-state index in [0.29, 0.717) is 0 Å². The fraction of sp³-hybridized carbons (Fsp3) is 1.00. The van der Waals surface area contributed by atoms with Crippen LogP contribution in [-0.4, -0.2) is 36.1 Å². The first kappa shape index (κ1) is 15.3. The van der Waals surface area contributed by atoms with E-state index in [9.17, 15) is 0 Å². The molecule has 0 amide bonds. The normalized spacial score (nSPS) is 32.5. The summed E-state index contributed by atoms with van der Waals surface area (Å²) >= 11 is 0. The third-order valence-corrected chi connectivity index (χ3v) is 5.39. The second-order valence-electron chi connectivity index (χ2n) is 7.46. The summed E-state index contributed by atoms with van der Waals surface area (Å²) in [4.78, 5) is 2.83. The maximum absolute atomic E-state index is 3.82. The van der Waals surface area contributed by atoms with Gasteiger partial charge in [0.05, 0.1) is 0 Å². The summed E-state index contributed by atoms with van der Waals surface area (Å²) in [6.07, 6.45) is 5.58. The molecule has 0 aromatic rings. The smallest absolute Gasteiger partial charge is 0.0247 e. The van der Waals surface area contributed by atoms with Crippen LogP contribution in [0, 0.1) is 17.8 Å². The van der Waals surface area contributed by atoms with Gasteiger partial charge in [-0.05, 0) is 43.9 Å². The molecule has 1 heterocycles. The molecule has 2 nitrogen and oxygen atoms in total. The molecule has 4 unspecified atom stereocenters. The molecule has 1 saturated heterocycles. The standard InChI is InChI=1S/C17H34N2/c1-6-13(4)9-14(5)19-11-16(15-7-8-15)18-10-17(19)12(2)3/h12-18H,6-11H2,1-5H3. The Bertz CT molecular complexity index is 272. The molecule has 2 rings (SSSR count). The highest BCUT2D eigenvalue weighted by molar-refractivity contribution is 4.96. The van der Waals surface area contributed by atoms with Crippen molar-refractivity contribution in [2.75, 3.05) is 13.1 Å². The average molecular weight is 266 g/mol. The van der Waals surface area contributed by atoms with Crippen molar-refractivity contribution in [2.45, 2.75) is 78.4 Å². The van der Waals surface area contributed by atoms with Crippen molar-refractivity contribution in [3.63, 3.8) is 0 Å². The van der Waals surface area contributed by atoms with Crippen LogP contribution in [-0.2, 0) is 0 Å². The highest BCUT2D eigenvalue weighted by atomic mass is 15.3. The number of nitrogens with zero attached hydrogens (tertiary/aromatic N) is 1. The second kappa shape index (κ2) is 6.58. The van der Waals surface area contributed by atoms with Crippen molar-refractivity contribution in [2.24, 2.45) is 17.8 Å². The predicted octanol–water partition coefficient (Wildman–Crippen LogP) is 3.52. The van der Waals surface area contributed by atoms with Crippen molar-refractivity contribution in [1.82, 2.24) is 10.2 Å². The van der Waals surface area contributed by atoms with Crippen LogP contribution >= 0.6 is 0 Å². The van der Waals surface area contributed by atoms with E-state index >= 15 is 0 Å². The molecule has 0 radical (unpaired) electrons. The molecular weight excluding hydrogens is 232 g/mol. The number of nitrogens with one attached hydrogen (secondary N) is 1. The third kappa shape index (κ3) is 3.95. The lowest BCUT2D eigenvalue weighted by molar-refractivity contribution is 0.0482. The van der Waals surface area contributed by atoms with E-state index in [1.165, 1.54) is 38.8 Å². The quantitative estimate of drug-likeness (QED) is 0.791. The van der Waals surface area contributed by atoms with Gasteiger partial charge >= 0.3 is 0 Å². The molecule has 19 heavy (non-hydrogen) atoms. The zero-order valence-corrected chi connectivity index (χ0v) is 13.7. The van der Waals surface area contributed by atoms with Gasteiger partial charge in [-0.15, -0.1) is 0 Å². The van der Waals surface area contributed by atoms with Crippen molar-refractivity contribution < 1.29 is 0 Å². The minimum Gasteiger partial charge on any atom is -0.311 e. The van der Waals surface area contributed by atoms with Gasteiger partial charge in [0.2, 0.25) is 0 Å². The molecule has 1 aliphatic heterocycles. The molecule has 0 aromatic carbocycles. The molecular formula is C17H34N2. The van der Waals surface area contributed by atoms with Crippen LogP contribution in [0.5, 0.6) is 0 Å². The van der Waals surface area contributed by atoms with Crippen LogP contribution in [0.1, 0.15) is 60.3 Å². The maximum atomic E-state index is 3.82. The average Bonchev–Trinajstić information content (AvgIpc) is 3.21. The van der Waals surface area contributed by atoms with Gasteiger partial charge in [-0.3, -0.25) is 4.90 Å². The molecule has 0 bridgehead atoms. The molecule has 4 atom stereocenters. The second-order valence-corrected chi connectivity index (χ2v) is 7.46. The van der Waals surface area contributed by atoms with E-state index in [2.05, 4.69) is 44.8 Å². The number of piperazine rings is 1. The fourth-order valence-electron chi connectivity index (χ4n) is 3.64. The molecule has 2 fully saturated rings. The lowest BCUT2D eigenvalue weighted by Gasteiger charge is -2.46. The summed E-state index contributed by atoms with van der Waals surface area (Å²) in [5.74, 6) is 2.59. The highest BCUT2D eigenvalue weighted by Crippen LogP contribution is 2.35. The van der Waals surface area contributed by atoms with Crippen molar-refractivity contribution in [3.8, 4) is 0 Å². The molecule has 1 saturated carbocycles. The third-order valence-electron chi connectivity index (χ3n) is 5.39. The molecule has 112 valence electrons. The maximum Gasteiger partial charge on any atom is 0.0247 e. The van der Waals surface area contributed by atoms with Crippen LogP contribution in [0.4, 0.5) is 0 Å². The Labute approximate surface area is 120 Å². The van der Waals surface area contributed by atoms with Crippen molar-refractivity contribution in [3.05, 3.63) is 0 Å². The Morgan fingerprint density at radius 1 is 1.16 bits per heavy atom. The first-order valence-electron chi connectivity index (χ1n) is 8.52. The Morgan fingerprint density at radius 3 is 2.37 bits per heavy atom. The zero-order valence-electron chi connectivity index (χ0n) is 13.7. The van der Waals surface area contributed by atoms with E-state index in [0.717, 1.165) is 35.9 Å². The Morgan fingerprint density at radius 2 is 1.84 bits per heavy atom. The van der Waals surface area contributed by atoms with Gasteiger partial charge in [-0.2, -0.15) is 0 Å². The SMILES string of the molecule is CCC(C)CC(C)N1CC(C2CC2)NCC1C(C)C. The topological polar surface area (TPSA) is 15.3 Å². The lowest BCUT2D eigenvalue weighted by Crippen LogP contribution is -2.61. The molecule has 1 N–H and O–H groups in total. The lowest BCUT2D eigenvalue weighted by atomic mass is 9.92. The van der Waals surface area contributed by atoms with E-state index in [1.807, 2.05) is 0 Å². The Hall–Kier alpha value is -0.0800. The molecule has 2 aliphatic rings. The highest BCUT2D eigenvalue weighted by Gasteiger charge is 2.39. The zero-order chi connectivity index (χ0) is 14.0. The number of hydrogen-bond donors (Lipinski definition) is 1. The van der Waals surface area contributed by atoms with Crippen molar-refractivity contribution in [1.29, 1.82) is 0 Å². The van der Waals surface area contributed by atoms with E-state index in [1.54, 1.807) is 0 Å². The van der Waals surface area contributed by atoms with E-state index < -0.39 is 0 Å². The Kier molecular flexibility index (Phi) is 5.30. The largest absolute Gasteiger partial charge is 0.311 e. The van der Waals surface area contributed by atoms with Crippen LogP contribution in [0.2, 0.25) is 0 Å². The molecule has 2 heteroatoms. The first-order chi connectivity index (χ1) is 9.02. The molecule has 0 aromatic heterocycles. The van der Waals surface area contributed by atoms with Gasteiger partial charge < -0.3 is 5.32 Å². The van der Waals surface area contributed by atoms with Gasteiger partial charge in [0.15, 0.2) is 0 Å².